The number of aldehydes is 1. The molecule has 0 radical (unpaired) electrons. The van der Waals surface area contributed by atoms with Crippen molar-refractivity contribution in [1.82, 2.24) is 24.6 Å². The molecule has 0 N–H and O–H groups in total. The van der Waals surface area contributed by atoms with E-state index in [-0.39, 0.29) is 18.1 Å². The Morgan fingerprint density at radius 1 is 1.15 bits per heavy atom. The van der Waals surface area contributed by atoms with Crippen LogP contribution in [0.1, 0.15) is 68.4 Å². The van der Waals surface area contributed by atoms with Crippen molar-refractivity contribution in [3.8, 4) is 17.5 Å². The van der Waals surface area contributed by atoms with Gasteiger partial charge in [0.05, 0.1) is 5.69 Å². The van der Waals surface area contributed by atoms with Gasteiger partial charge >= 0.3 is 0 Å². The third kappa shape index (κ3) is 4.39. The topological polar surface area (TPSA) is 95.5 Å². The number of hydrogen-bond acceptors (Lipinski definition) is 8. The lowest BCUT2D eigenvalue weighted by atomic mass is 10.1. The summed E-state index contributed by atoms with van der Waals surface area (Å²) in [5.41, 5.74) is 1.48. The Labute approximate surface area is 193 Å². The van der Waals surface area contributed by atoms with Gasteiger partial charge in [-0.15, -0.1) is 0 Å². The summed E-state index contributed by atoms with van der Waals surface area (Å²) in [5, 5.41) is 5.58. The fourth-order valence-corrected chi connectivity index (χ4v) is 4.69. The van der Waals surface area contributed by atoms with E-state index in [0.29, 0.717) is 42.0 Å². The van der Waals surface area contributed by atoms with Crippen molar-refractivity contribution in [2.75, 3.05) is 19.7 Å². The predicted molar refractivity (Wildman–Crippen MR) is 122 cm³/mol. The highest BCUT2D eigenvalue weighted by molar-refractivity contribution is 5.85. The zero-order chi connectivity index (χ0) is 22.9. The summed E-state index contributed by atoms with van der Waals surface area (Å²) in [4.78, 5) is 23.1. The molecule has 176 valence electrons. The van der Waals surface area contributed by atoms with Crippen molar-refractivity contribution >= 4 is 17.3 Å². The molecule has 0 aliphatic carbocycles. The van der Waals surface area contributed by atoms with E-state index in [2.05, 4.69) is 18.7 Å². The Kier molecular flexibility index (Phi) is 6.16. The largest absolute Gasteiger partial charge is 0.474 e. The zero-order valence-electron chi connectivity index (χ0n) is 19.5. The number of piperidine rings is 1. The number of aromatic nitrogens is 4. The van der Waals surface area contributed by atoms with Crippen molar-refractivity contribution in [3.63, 3.8) is 0 Å². The monoisotopic (exact) mass is 453 g/mol. The van der Waals surface area contributed by atoms with Crippen LogP contribution in [0.25, 0.3) is 22.6 Å². The Balaban J connectivity index is 1.54. The van der Waals surface area contributed by atoms with E-state index < -0.39 is 0 Å². The minimum Gasteiger partial charge on any atom is -0.474 e. The number of fused-ring (bicyclic) bond motifs is 1. The minimum absolute atomic E-state index is 0.0711. The van der Waals surface area contributed by atoms with Crippen molar-refractivity contribution in [2.45, 2.75) is 71.2 Å². The molecule has 0 saturated carbocycles. The molecule has 5 rings (SSSR count). The maximum absolute atomic E-state index is 11.1. The second-order valence-electron chi connectivity index (χ2n) is 9.17. The fraction of sp³-hybridized carbons (Fsp3) is 0.583. The molecular weight excluding hydrogens is 422 g/mol. The molecule has 0 bridgehead atoms. The van der Waals surface area contributed by atoms with E-state index in [4.69, 9.17) is 29.0 Å². The van der Waals surface area contributed by atoms with E-state index in [9.17, 15) is 4.79 Å². The molecule has 2 aliphatic rings. The quantitative estimate of drug-likeness (QED) is 0.514. The number of nitrogens with zero attached hydrogens (tertiary/aromatic N) is 5. The van der Waals surface area contributed by atoms with Gasteiger partial charge in [0.2, 0.25) is 11.7 Å². The number of carbonyl (C=O) groups is 1. The summed E-state index contributed by atoms with van der Waals surface area (Å²) in [5.74, 6) is 1.55. The van der Waals surface area contributed by atoms with Crippen LogP contribution in [0.3, 0.4) is 0 Å². The molecule has 0 amide bonds. The summed E-state index contributed by atoms with van der Waals surface area (Å²) >= 11 is 0. The fourth-order valence-electron chi connectivity index (χ4n) is 4.69. The van der Waals surface area contributed by atoms with Crippen molar-refractivity contribution < 1.29 is 18.7 Å². The van der Waals surface area contributed by atoms with Crippen molar-refractivity contribution in [3.05, 3.63) is 23.6 Å². The second-order valence-corrected chi connectivity index (χ2v) is 9.17. The van der Waals surface area contributed by atoms with E-state index in [1.54, 1.807) is 12.1 Å². The minimum atomic E-state index is -0.165. The molecule has 5 heterocycles. The van der Waals surface area contributed by atoms with Crippen LogP contribution in [0.4, 0.5) is 0 Å². The average molecular weight is 454 g/mol. The highest BCUT2D eigenvalue weighted by Gasteiger charge is 2.28. The SMILES string of the molecule is Cc1nn(C2CCCCO2)c2nc(-c3ccc(C=O)o3)nc(OC3CCN(C(C)C)CC3)c12. The molecule has 0 spiro atoms. The Hall–Kier alpha value is -2.78. The molecule has 3 aromatic rings. The van der Waals surface area contributed by atoms with Crippen molar-refractivity contribution in [2.24, 2.45) is 0 Å². The van der Waals surface area contributed by atoms with Gasteiger partial charge in [-0.25, -0.2) is 9.67 Å². The Morgan fingerprint density at radius 3 is 2.64 bits per heavy atom. The summed E-state index contributed by atoms with van der Waals surface area (Å²) in [6.07, 6.45) is 5.48. The summed E-state index contributed by atoms with van der Waals surface area (Å²) < 4.78 is 20.0. The van der Waals surface area contributed by atoms with E-state index >= 15 is 0 Å². The smallest absolute Gasteiger partial charge is 0.229 e. The molecule has 0 aromatic carbocycles. The van der Waals surface area contributed by atoms with Crippen LogP contribution in [-0.4, -0.2) is 62.8 Å². The first-order valence-electron chi connectivity index (χ1n) is 11.9. The zero-order valence-corrected chi connectivity index (χ0v) is 19.5. The molecule has 33 heavy (non-hydrogen) atoms. The lowest BCUT2D eigenvalue weighted by molar-refractivity contribution is -0.0371. The molecule has 1 atom stereocenters. The van der Waals surface area contributed by atoms with Gasteiger partial charge in [-0.2, -0.15) is 10.1 Å². The highest BCUT2D eigenvalue weighted by atomic mass is 16.5. The van der Waals surface area contributed by atoms with Crippen LogP contribution in [-0.2, 0) is 4.74 Å². The normalized spacial score (nSPS) is 20.5. The van der Waals surface area contributed by atoms with Crippen molar-refractivity contribution in [1.29, 1.82) is 0 Å². The van der Waals surface area contributed by atoms with Crippen LogP contribution in [0, 0.1) is 6.92 Å². The second kappa shape index (κ2) is 9.23. The van der Waals surface area contributed by atoms with Gasteiger partial charge < -0.3 is 18.8 Å². The standard InChI is InChI=1S/C24H31N5O4/c1-15(2)28-11-9-17(10-12-28)33-24-21-16(3)27-29(20-6-4-5-13-31-20)23(21)25-22(26-24)19-8-7-18(14-30)32-19/h7-8,14-15,17,20H,4-6,9-13H2,1-3H3. The first kappa shape index (κ1) is 22.0. The van der Waals surface area contributed by atoms with Crippen LogP contribution in [0.2, 0.25) is 0 Å². The maximum Gasteiger partial charge on any atom is 0.229 e. The first-order chi connectivity index (χ1) is 16.0. The molecule has 2 fully saturated rings. The van der Waals surface area contributed by atoms with Gasteiger partial charge in [0, 0.05) is 25.7 Å². The molecule has 9 heteroatoms. The van der Waals surface area contributed by atoms with Gasteiger partial charge in [0.1, 0.15) is 11.5 Å². The molecular formula is C24H31N5O4. The predicted octanol–water partition coefficient (Wildman–Crippen LogP) is 4.16. The first-order valence-corrected chi connectivity index (χ1v) is 11.9. The van der Waals surface area contributed by atoms with Crippen LogP contribution < -0.4 is 4.74 Å². The Morgan fingerprint density at radius 2 is 1.97 bits per heavy atom. The average Bonchev–Trinajstić information content (AvgIpc) is 3.45. The summed E-state index contributed by atoms with van der Waals surface area (Å²) in [7, 11) is 0. The van der Waals surface area contributed by atoms with Gasteiger partial charge in [-0.3, -0.25) is 4.79 Å². The van der Waals surface area contributed by atoms with E-state index in [1.807, 2.05) is 11.6 Å². The van der Waals surface area contributed by atoms with E-state index in [0.717, 1.165) is 56.3 Å². The number of aryl methyl sites for hydroxylation is 1. The number of furan rings is 1. The highest BCUT2D eigenvalue weighted by Crippen LogP contribution is 2.34. The number of ether oxygens (including phenoxy) is 2. The summed E-state index contributed by atoms with van der Waals surface area (Å²) in [6.45, 7) is 9.11. The van der Waals surface area contributed by atoms with Gasteiger partial charge in [-0.05, 0) is 65.0 Å². The van der Waals surface area contributed by atoms with Crippen LogP contribution in [0.5, 0.6) is 5.88 Å². The molecule has 9 nitrogen and oxygen atoms in total. The van der Waals surface area contributed by atoms with Gasteiger partial charge in [0.15, 0.2) is 29.7 Å². The van der Waals surface area contributed by atoms with Gasteiger partial charge in [-0.1, -0.05) is 0 Å². The number of hydrogen-bond donors (Lipinski definition) is 0. The lowest BCUT2D eigenvalue weighted by Gasteiger charge is -2.34. The Bertz CT molecular complexity index is 1120. The van der Waals surface area contributed by atoms with E-state index in [1.165, 1.54) is 0 Å². The molecule has 2 aliphatic heterocycles. The van der Waals surface area contributed by atoms with Crippen LogP contribution >= 0.6 is 0 Å². The number of rotatable bonds is 6. The molecule has 1 unspecified atom stereocenters. The molecule has 3 aromatic heterocycles. The van der Waals surface area contributed by atoms with Crippen LogP contribution in [0.15, 0.2) is 16.5 Å². The molecule has 2 saturated heterocycles. The third-order valence-electron chi connectivity index (χ3n) is 6.57. The lowest BCUT2D eigenvalue weighted by Crippen LogP contribution is -2.41. The number of likely N-dealkylation sites (tertiary alicyclic amines) is 1. The summed E-state index contributed by atoms with van der Waals surface area (Å²) in [6, 6.07) is 3.86. The number of carbonyl (C=O) groups excluding carboxylic acids is 1. The third-order valence-corrected chi connectivity index (χ3v) is 6.57. The van der Waals surface area contributed by atoms with Gasteiger partial charge in [0.25, 0.3) is 0 Å². The maximum atomic E-state index is 11.1.